The smallest absolute Gasteiger partial charge is 0.199 e. The highest BCUT2D eigenvalue weighted by Crippen LogP contribution is 2.47. The van der Waals surface area contributed by atoms with Crippen LogP contribution in [-0.2, 0) is 0 Å². The molecule has 0 aromatic heterocycles. The normalized spacial score (nSPS) is 31.0. The predicted octanol–water partition coefficient (Wildman–Crippen LogP) is 4.28. The van der Waals surface area contributed by atoms with E-state index in [1.807, 2.05) is 0 Å². The van der Waals surface area contributed by atoms with Gasteiger partial charge in [-0.3, -0.25) is 0 Å². The Hall–Kier alpha value is -1.27. The first-order valence-electron chi connectivity index (χ1n) is 8.81. The lowest BCUT2D eigenvalue weighted by Crippen LogP contribution is -2.57. The van der Waals surface area contributed by atoms with E-state index in [-0.39, 0.29) is 6.23 Å². The fourth-order valence-corrected chi connectivity index (χ4v) is 4.89. The number of ether oxygens (including phenoxy) is 1. The van der Waals surface area contributed by atoms with E-state index in [4.69, 9.17) is 4.74 Å². The molecule has 24 heavy (non-hydrogen) atoms. The molecule has 2 atom stereocenters. The van der Waals surface area contributed by atoms with E-state index in [1.165, 1.54) is 47.3 Å². The van der Waals surface area contributed by atoms with Crippen molar-refractivity contribution in [1.82, 2.24) is 4.90 Å². The number of rotatable bonds is 2. The number of nitrogens with zero attached hydrogens (tertiary/aromatic N) is 2. The van der Waals surface area contributed by atoms with Gasteiger partial charge in [0.2, 0.25) is 0 Å². The van der Waals surface area contributed by atoms with Gasteiger partial charge in [-0.25, -0.2) is 0 Å². The molecule has 124 valence electrons. The second kappa shape index (κ2) is 5.92. The van der Waals surface area contributed by atoms with E-state index in [2.05, 4.69) is 80.9 Å². The highest BCUT2D eigenvalue weighted by Gasteiger charge is 2.44. The summed E-state index contributed by atoms with van der Waals surface area (Å²) >= 11 is 2.36. The van der Waals surface area contributed by atoms with Gasteiger partial charge in [-0.2, -0.15) is 0 Å². The fraction of sp³-hybridized carbons (Fsp3) is 0.400. The van der Waals surface area contributed by atoms with E-state index in [0.717, 1.165) is 11.7 Å². The van der Waals surface area contributed by atoms with Crippen LogP contribution in [0.25, 0.3) is 0 Å². The summed E-state index contributed by atoms with van der Waals surface area (Å²) < 4.78 is 7.68. The monoisotopic (exact) mass is 432 g/mol. The molecule has 3 nitrogen and oxygen atoms in total. The molecule has 3 fully saturated rings. The average molecular weight is 432 g/mol. The van der Waals surface area contributed by atoms with Crippen molar-refractivity contribution in [1.29, 1.82) is 0 Å². The quantitative estimate of drug-likeness (QED) is 0.659. The Bertz CT molecular complexity index is 740. The van der Waals surface area contributed by atoms with Crippen molar-refractivity contribution >= 4 is 28.3 Å². The standard InChI is InChI=1S/C20H21IN2O/c21-16-7-5-15(6-8-16)20-23(17-3-1-2-4-19(17)24-20)18-13-22-11-9-14(18)10-12-22/h1-8,14,18,20H,9-13H2. The highest BCUT2D eigenvalue weighted by atomic mass is 127. The van der Waals surface area contributed by atoms with Gasteiger partial charge in [0.1, 0.15) is 5.75 Å². The maximum atomic E-state index is 6.41. The molecule has 4 aliphatic heterocycles. The van der Waals surface area contributed by atoms with E-state index in [9.17, 15) is 0 Å². The Morgan fingerprint density at radius 3 is 2.42 bits per heavy atom. The van der Waals surface area contributed by atoms with Crippen LogP contribution in [0.3, 0.4) is 0 Å². The molecule has 4 heteroatoms. The van der Waals surface area contributed by atoms with Crippen molar-refractivity contribution in [2.45, 2.75) is 25.1 Å². The van der Waals surface area contributed by atoms with Gasteiger partial charge in [-0.15, -0.1) is 0 Å². The minimum Gasteiger partial charge on any atom is -0.464 e. The van der Waals surface area contributed by atoms with Crippen LogP contribution in [-0.4, -0.2) is 30.6 Å². The molecular weight excluding hydrogens is 411 g/mol. The first kappa shape index (κ1) is 15.0. The number of benzene rings is 2. The number of halogens is 1. The third-order valence-corrected chi connectivity index (χ3v) is 6.49. The van der Waals surface area contributed by atoms with Crippen LogP contribution in [0.4, 0.5) is 5.69 Å². The fourth-order valence-electron chi connectivity index (χ4n) is 4.53. The molecule has 0 N–H and O–H groups in total. The first-order valence-corrected chi connectivity index (χ1v) is 9.89. The van der Waals surface area contributed by atoms with E-state index < -0.39 is 0 Å². The molecule has 6 rings (SSSR count). The van der Waals surface area contributed by atoms with Gasteiger partial charge in [-0.1, -0.05) is 24.3 Å². The maximum absolute atomic E-state index is 6.41. The van der Waals surface area contributed by atoms with Crippen LogP contribution in [0, 0.1) is 9.49 Å². The number of piperidine rings is 3. The van der Waals surface area contributed by atoms with E-state index in [1.54, 1.807) is 0 Å². The summed E-state index contributed by atoms with van der Waals surface area (Å²) in [6, 6.07) is 17.9. The van der Waals surface area contributed by atoms with Gasteiger partial charge in [0, 0.05) is 21.7 Å². The first-order chi connectivity index (χ1) is 11.8. The largest absolute Gasteiger partial charge is 0.464 e. The predicted molar refractivity (Wildman–Crippen MR) is 104 cm³/mol. The van der Waals surface area contributed by atoms with Gasteiger partial charge in [-0.05, 0) is 78.7 Å². The van der Waals surface area contributed by atoms with E-state index >= 15 is 0 Å². The van der Waals surface area contributed by atoms with E-state index in [0.29, 0.717) is 6.04 Å². The van der Waals surface area contributed by atoms with Crippen LogP contribution in [0.5, 0.6) is 5.75 Å². The van der Waals surface area contributed by atoms with Crippen LogP contribution in [0.2, 0.25) is 0 Å². The second-order valence-electron chi connectivity index (χ2n) is 7.10. The molecule has 4 heterocycles. The molecule has 0 amide bonds. The molecule has 0 spiro atoms. The third-order valence-electron chi connectivity index (χ3n) is 5.77. The number of hydrogen-bond donors (Lipinski definition) is 0. The lowest BCUT2D eigenvalue weighted by atomic mass is 9.82. The lowest BCUT2D eigenvalue weighted by molar-refractivity contribution is 0.0700. The van der Waals surface area contributed by atoms with Gasteiger partial charge >= 0.3 is 0 Å². The Kier molecular flexibility index (Phi) is 3.70. The van der Waals surface area contributed by atoms with Gasteiger partial charge in [0.15, 0.2) is 6.23 Å². The van der Waals surface area contributed by atoms with Crippen LogP contribution >= 0.6 is 22.6 Å². The van der Waals surface area contributed by atoms with Crippen molar-refractivity contribution in [2.75, 3.05) is 24.5 Å². The molecule has 3 saturated heterocycles. The SMILES string of the molecule is Ic1ccc(C2Oc3ccccc3N2C2CN3CCC2CC3)cc1. The molecule has 0 radical (unpaired) electrons. The molecule has 2 unspecified atom stereocenters. The van der Waals surface area contributed by atoms with Crippen LogP contribution in [0.15, 0.2) is 48.5 Å². The number of fused-ring (bicyclic) bond motifs is 4. The summed E-state index contributed by atoms with van der Waals surface area (Å²) in [6.45, 7) is 3.71. The molecule has 2 aromatic rings. The minimum absolute atomic E-state index is 0.00458. The Labute approximate surface area is 156 Å². The van der Waals surface area contributed by atoms with Gasteiger partial charge in [0.05, 0.1) is 5.69 Å². The van der Waals surface area contributed by atoms with Crippen molar-refractivity contribution in [2.24, 2.45) is 5.92 Å². The minimum atomic E-state index is 0.00458. The second-order valence-corrected chi connectivity index (χ2v) is 8.35. The highest BCUT2D eigenvalue weighted by molar-refractivity contribution is 14.1. The molecule has 4 aliphatic rings. The molecule has 0 saturated carbocycles. The Morgan fingerprint density at radius 2 is 1.71 bits per heavy atom. The lowest BCUT2D eigenvalue weighted by Gasteiger charge is -2.49. The Morgan fingerprint density at radius 1 is 0.958 bits per heavy atom. The van der Waals surface area contributed by atoms with Crippen LogP contribution < -0.4 is 9.64 Å². The zero-order valence-corrected chi connectivity index (χ0v) is 15.7. The average Bonchev–Trinajstić information content (AvgIpc) is 3.02. The van der Waals surface area contributed by atoms with Crippen molar-refractivity contribution in [3.63, 3.8) is 0 Å². The number of hydrogen-bond acceptors (Lipinski definition) is 3. The van der Waals surface area contributed by atoms with Crippen molar-refractivity contribution in [3.05, 3.63) is 57.7 Å². The van der Waals surface area contributed by atoms with Crippen molar-refractivity contribution in [3.8, 4) is 5.75 Å². The number of anilines is 1. The molecular formula is C20H21IN2O. The summed E-state index contributed by atoms with van der Waals surface area (Å²) in [5, 5.41) is 0. The zero-order valence-electron chi connectivity index (χ0n) is 13.6. The van der Waals surface area contributed by atoms with Gasteiger partial charge in [0.25, 0.3) is 0 Å². The summed E-state index contributed by atoms with van der Waals surface area (Å²) in [5.41, 5.74) is 2.52. The topological polar surface area (TPSA) is 15.7 Å². The molecule has 0 aliphatic carbocycles. The maximum Gasteiger partial charge on any atom is 0.199 e. The summed E-state index contributed by atoms with van der Waals surface area (Å²) in [4.78, 5) is 5.18. The number of para-hydroxylation sites is 2. The Balaban J connectivity index is 1.56. The molecule has 2 bridgehead atoms. The summed E-state index contributed by atoms with van der Waals surface area (Å²) in [5.74, 6) is 1.81. The molecule has 2 aromatic carbocycles. The van der Waals surface area contributed by atoms with Gasteiger partial charge < -0.3 is 14.5 Å². The third kappa shape index (κ3) is 2.42. The van der Waals surface area contributed by atoms with Crippen molar-refractivity contribution < 1.29 is 4.74 Å². The zero-order chi connectivity index (χ0) is 16.1. The summed E-state index contributed by atoms with van der Waals surface area (Å²) in [6.07, 6.45) is 2.65. The summed E-state index contributed by atoms with van der Waals surface area (Å²) in [7, 11) is 0. The van der Waals surface area contributed by atoms with Crippen LogP contribution in [0.1, 0.15) is 24.6 Å².